The van der Waals surface area contributed by atoms with E-state index in [1.54, 1.807) is 0 Å². The summed E-state index contributed by atoms with van der Waals surface area (Å²) < 4.78 is 0. The summed E-state index contributed by atoms with van der Waals surface area (Å²) in [5, 5.41) is 18.1. The van der Waals surface area contributed by atoms with Crippen LogP contribution < -0.4 is 0 Å². The quantitative estimate of drug-likeness (QED) is 0.176. The molecule has 0 aromatic heterocycles. The molecule has 2 N–H and O–H groups in total. The molecule has 0 saturated heterocycles. The number of carboxylic acid groups (broad SMARTS) is 1. The van der Waals surface area contributed by atoms with Crippen LogP contribution in [0.2, 0.25) is 0 Å². The minimum absolute atomic E-state index is 0.0824. The van der Waals surface area contributed by atoms with Crippen molar-refractivity contribution in [3.8, 4) is 0 Å². The van der Waals surface area contributed by atoms with Crippen molar-refractivity contribution in [2.24, 2.45) is 0 Å². The maximum atomic E-state index is 10.4. The number of rotatable bonds is 14. The monoisotopic (exact) mass is 352 g/mol. The van der Waals surface area contributed by atoms with Crippen LogP contribution in [-0.2, 0) is 4.79 Å². The third-order valence-corrected chi connectivity index (χ3v) is 3.99. The number of aliphatic carboxylic acids is 1. The predicted octanol–water partition coefficient (Wildman–Crippen LogP) is 5.10. The number of carboxylic acids is 1. The highest BCUT2D eigenvalue weighted by Gasteiger charge is 2.12. The summed E-state index contributed by atoms with van der Waals surface area (Å²) in [4.78, 5) is 10.4. The second-order valence-corrected chi connectivity index (χ2v) is 6.34. The van der Waals surface area contributed by atoms with Crippen LogP contribution in [0.3, 0.4) is 0 Å². The zero-order chi connectivity index (χ0) is 18.0. The molecule has 4 heteroatoms. The van der Waals surface area contributed by atoms with Gasteiger partial charge in [0.15, 0.2) is 0 Å². The van der Waals surface area contributed by atoms with Gasteiger partial charge in [-0.3, -0.25) is 4.79 Å². The van der Waals surface area contributed by atoms with Gasteiger partial charge < -0.3 is 10.2 Å². The highest BCUT2D eigenvalue weighted by molar-refractivity contribution is 7.81. The number of hydrogen-bond acceptors (Lipinski definition) is 3. The third kappa shape index (κ3) is 15.6. The largest absolute Gasteiger partial charge is 0.481 e. The van der Waals surface area contributed by atoms with Gasteiger partial charge in [0.2, 0.25) is 0 Å². The van der Waals surface area contributed by atoms with E-state index < -0.39 is 12.1 Å². The Hall–Kier alpha value is -1.26. The summed E-state index contributed by atoms with van der Waals surface area (Å²) in [7, 11) is 0. The first kappa shape index (κ1) is 22.7. The molecule has 136 valence electrons. The number of aliphatic hydroxyl groups excluding tert-OH is 1. The molecule has 0 aliphatic heterocycles. The van der Waals surface area contributed by atoms with Crippen LogP contribution >= 0.6 is 12.6 Å². The van der Waals surface area contributed by atoms with Crippen molar-refractivity contribution in [2.45, 2.75) is 69.6 Å². The molecule has 0 amide bonds. The van der Waals surface area contributed by atoms with Crippen molar-refractivity contribution in [3.63, 3.8) is 0 Å². The second kappa shape index (κ2) is 16.6. The van der Waals surface area contributed by atoms with E-state index in [-0.39, 0.29) is 11.7 Å². The number of thiol groups is 1. The van der Waals surface area contributed by atoms with Crippen LogP contribution in [0, 0.1) is 0 Å². The summed E-state index contributed by atoms with van der Waals surface area (Å²) >= 11 is 4.31. The molecule has 0 aliphatic rings. The summed E-state index contributed by atoms with van der Waals surface area (Å²) in [6, 6.07) is 0. The van der Waals surface area contributed by atoms with Crippen LogP contribution in [0.1, 0.15) is 58.3 Å². The van der Waals surface area contributed by atoms with Crippen LogP contribution in [0.5, 0.6) is 0 Å². The molecule has 0 aromatic rings. The topological polar surface area (TPSA) is 57.5 Å². The lowest BCUT2D eigenvalue weighted by molar-refractivity contribution is -0.137. The number of hydrogen-bond donors (Lipinski definition) is 3. The molecule has 3 nitrogen and oxygen atoms in total. The van der Waals surface area contributed by atoms with E-state index >= 15 is 0 Å². The van der Waals surface area contributed by atoms with Crippen LogP contribution in [-0.4, -0.2) is 27.5 Å². The minimum atomic E-state index is -0.834. The van der Waals surface area contributed by atoms with Crippen LogP contribution in [0.4, 0.5) is 0 Å². The molecule has 0 rings (SSSR count). The van der Waals surface area contributed by atoms with E-state index in [2.05, 4.69) is 37.8 Å². The molecule has 0 saturated carbocycles. The highest BCUT2D eigenvalue weighted by atomic mass is 32.1. The number of carbonyl (C=O) groups is 1. The molecular weight excluding hydrogens is 320 g/mol. The van der Waals surface area contributed by atoms with Gasteiger partial charge in [-0.05, 0) is 32.1 Å². The fourth-order valence-electron chi connectivity index (χ4n) is 2.03. The van der Waals surface area contributed by atoms with Gasteiger partial charge in [-0.2, -0.15) is 12.6 Å². The van der Waals surface area contributed by atoms with Crippen molar-refractivity contribution in [2.75, 3.05) is 0 Å². The number of aliphatic hydroxyl groups is 1. The second-order valence-electron chi connectivity index (χ2n) is 5.74. The number of unbranched alkanes of at least 4 members (excludes halogenated alkanes) is 3. The summed E-state index contributed by atoms with van der Waals surface area (Å²) in [5.41, 5.74) is 0. The van der Waals surface area contributed by atoms with Gasteiger partial charge in [-0.15, -0.1) is 0 Å². The third-order valence-electron chi connectivity index (χ3n) is 3.48. The Morgan fingerprint density at radius 2 is 1.79 bits per heavy atom. The molecule has 24 heavy (non-hydrogen) atoms. The Balaban J connectivity index is 3.81. The van der Waals surface area contributed by atoms with Gasteiger partial charge in [0.1, 0.15) is 0 Å². The van der Waals surface area contributed by atoms with Crippen LogP contribution in [0.25, 0.3) is 0 Å². The SMILES string of the molecule is CCCCC/C=C\C/C=C/C=C/C=C/[C@H](S)[C@H](O)CCCC(=O)O. The van der Waals surface area contributed by atoms with Crippen molar-refractivity contribution >= 4 is 18.6 Å². The maximum Gasteiger partial charge on any atom is 0.303 e. The van der Waals surface area contributed by atoms with E-state index in [0.29, 0.717) is 12.8 Å². The molecule has 0 heterocycles. The predicted molar refractivity (Wildman–Crippen MR) is 106 cm³/mol. The van der Waals surface area contributed by atoms with Gasteiger partial charge in [0, 0.05) is 11.7 Å². The van der Waals surface area contributed by atoms with E-state index in [4.69, 9.17) is 5.11 Å². The fourth-order valence-corrected chi connectivity index (χ4v) is 2.28. The molecule has 0 aromatic carbocycles. The van der Waals surface area contributed by atoms with E-state index in [1.165, 1.54) is 25.7 Å². The molecule has 0 unspecified atom stereocenters. The zero-order valence-corrected chi connectivity index (χ0v) is 15.6. The van der Waals surface area contributed by atoms with Gasteiger partial charge in [-0.25, -0.2) is 0 Å². The van der Waals surface area contributed by atoms with E-state index in [0.717, 1.165) is 6.42 Å². The van der Waals surface area contributed by atoms with E-state index in [1.807, 2.05) is 30.4 Å². The highest BCUT2D eigenvalue weighted by Crippen LogP contribution is 2.11. The van der Waals surface area contributed by atoms with Gasteiger partial charge in [0.25, 0.3) is 0 Å². The lowest BCUT2D eigenvalue weighted by Crippen LogP contribution is -2.19. The fraction of sp³-hybridized carbons (Fsp3) is 0.550. The Labute approximate surface area is 152 Å². The van der Waals surface area contributed by atoms with Gasteiger partial charge in [-0.1, -0.05) is 68.4 Å². The Morgan fingerprint density at radius 3 is 2.50 bits per heavy atom. The maximum absolute atomic E-state index is 10.4. The van der Waals surface area contributed by atoms with Crippen molar-refractivity contribution in [1.82, 2.24) is 0 Å². The minimum Gasteiger partial charge on any atom is -0.481 e. The van der Waals surface area contributed by atoms with Crippen LogP contribution in [0.15, 0.2) is 48.6 Å². The van der Waals surface area contributed by atoms with Gasteiger partial charge in [0.05, 0.1) is 6.10 Å². The molecule has 0 aliphatic carbocycles. The molecule has 0 bridgehead atoms. The smallest absolute Gasteiger partial charge is 0.303 e. The zero-order valence-electron chi connectivity index (χ0n) is 14.7. The van der Waals surface area contributed by atoms with Crippen molar-refractivity contribution < 1.29 is 15.0 Å². The average molecular weight is 353 g/mol. The molecule has 0 radical (unpaired) electrons. The van der Waals surface area contributed by atoms with E-state index in [9.17, 15) is 9.90 Å². The lowest BCUT2D eigenvalue weighted by Gasteiger charge is -2.13. The molecule has 0 fully saturated rings. The standard InChI is InChI=1S/C20H32O3S/c1-2-3-4-5-6-7-8-9-10-11-12-13-16-19(24)18(21)15-14-17-20(22)23/h6-7,9-13,16,18-19,21,24H,2-5,8,14-15,17H2,1H3,(H,22,23)/b7-6-,10-9+,12-11+,16-13+/t18-,19+/m1/s1. The summed E-state index contributed by atoms with van der Waals surface area (Å²) in [6.45, 7) is 2.21. The molecule has 0 spiro atoms. The first-order chi connectivity index (χ1) is 11.6. The average Bonchev–Trinajstić information content (AvgIpc) is 2.55. The Bertz CT molecular complexity index is 425. The first-order valence-electron chi connectivity index (χ1n) is 8.80. The lowest BCUT2D eigenvalue weighted by atomic mass is 10.1. The normalized spacial score (nSPS) is 15.1. The Morgan fingerprint density at radius 1 is 1.04 bits per heavy atom. The first-order valence-corrected chi connectivity index (χ1v) is 9.32. The molecular formula is C20H32O3S. The number of allylic oxidation sites excluding steroid dienone is 7. The molecule has 2 atom stereocenters. The van der Waals surface area contributed by atoms with Crippen molar-refractivity contribution in [3.05, 3.63) is 48.6 Å². The Kier molecular flexibility index (Phi) is 15.7. The van der Waals surface area contributed by atoms with Gasteiger partial charge >= 0.3 is 5.97 Å². The summed E-state index contributed by atoms with van der Waals surface area (Å²) in [6.07, 6.45) is 22.3. The summed E-state index contributed by atoms with van der Waals surface area (Å²) in [5.74, 6) is -0.834. The van der Waals surface area contributed by atoms with Crippen molar-refractivity contribution in [1.29, 1.82) is 0 Å².